The lowest BCUT2D eigenvalue weighted by Gasteiger charge is -2.14. The van der Waals surface area contributed by atoms with Gasteiger partial charge >= 0.3 is 0 Å². The summed E-state index contributed by atoms with van der Waals surface area (Å²) >= 11 is 0. The van der Waals surface area contributed by atoms with Crippen LogP contribution in [0.1, 0.15) is 46.9 Å². The summed E-state index contributed by atoms with van der Waals surface area (Å²) in [4.78, 5) is 30.3. The topological polar surface area (TPSA) is 124 Å². The molecule has 34 heavy (non-hydrogen) atoms. The van der Waals surface area contributed by atoms with Crippen LogP contribution in [0.2, 0.25) is 0 Å². The number of hydrogen-bond acceptors (Lipinski definition) is 6. The number of carbonyl (C=O) groups excluding carboxylic acids is 2. The number of sulfonamides is 1. The molecule has 3 N–H and O–H groups in total. The predicted molar refractivity (Wildman–Crippen MR) is 133 cm³/mol. The molecule has 0 saturated carbocycles. The third-order valence-electron chi connectivity index (χ3n) is 5.62. The molecule has 0 bridgehead atoms. The van der Waals surface area contributed by atoms with Gasteiger partial charge in [0.2, 0.25) is 10.0 Å². The van der Waals surface area contributed by atoms with E-state index >= 15 is 0 Å². The molecule has 3 aromatic rings. The highest BCUT2D eigenvalue weighted by atomic mass is 32.2. The van der Waals surface area contributed by atoms with Crippen LogP contribution in [0, 0.1) is 0 Å². The molecule has 1 aromatic carbocycles. The molecule has 9 heteroatoms. The quantitative estimate of drug-likeness (QED) is 0.537. The lowest BCUT2D eigenvalue weighted by Crippen LogP contribution is -2.32. The van der Waals surface area contributed by atoms with Gasteiger partial charge in [0.1, 0.15) is 11.5 Å². The summed E-state index contributed by atoms with van der Waals surface area (Å²) in [5, 5.41) is 0.724. The van der Waals surface area contributed by atoms with E-state index in [0.29, 0.717) is 22.5 Å². The van der Waals surface area contributed by atoms with Crippen molar-refractivity contribution < 1.29 is 18.0 Å². The monoisotopic (exact) mass is 478 g/mol. The van der Waals surface area contributed by atoms with E-state index in [1.165, 1.54) is 0 Å². The van der Waals surface area contributed by atoms with Crippen LogP contribution in [-0.4, -0.2) is 35.9 Å². The van der Waals surface area contributed by atoms with Crippen LogP contribution in [0.4, 0.5) is 5.82 Å². The fourth-order valence-electron chi connectivity index (χ4n) is 4.28. The summed E-state index contributed by atoms with van der Waals surface area (Å²) in [6, 6.07) is 9.36. The molecule has 176 valence electrons. The summed E-state index contributed by atoms with van der Waals surface area (Å²) in [6.45, 7) is 2.31. The number of hydrogen-bond donors (Lipinski definition) is 2. The van der Waals surface area contributed by atoms with Gasteiger partial charge in [0, 0.05) is 41.2 Å². The van der Waals surface area contributed by atoms with Gasteiger partial charge in [-0.3, -0.25) is 9.59 Å². The van der Waals surface area contributed by atoms with E-state index in [2.05, 4.69) is 16.6 Å². The van der Waals surface area contributed by atoms with Crippen LogP contribution in [0.3, 0.4) is 0 Å². The van der Waals surface area contributed by atoms with Gasteiger partial charge in [-0.1, -0.05) is 37.6 Å². The number of aromatic nitrogens is 2. The van der Waals surface area contributed by atoms with Crippen LogP contribution < -0.4 is 10.5 Å². The van der Waals surface area contributed by atoms with Crippen LogP contribution in [-0.2, 0) is 27.8 Å². The Kier molecular flexibility index (Phi) is 6.39. The smallest absolute Gasteiger partial charge is 0.282 e. The molecule has 4 rings (SSSR count). The Morgan fingerprint density at radius 1 is 1.21 bits per heavy atom. The Bertz CT molecular complexity index is 1470. The lowest BCUT2D eigenvalue weighted by atomic mass is 9.92. The van der Waals surface area contributed by atoms with Crippen LogP contribution in [0.25, 0.3) is 16.5 Å². The minimum atomic E-state index is -3.84. The fraction of sp³-hybridized carbons (Fsp3) is 0.240. The predicted octanol–water partition coefficient (Wildman–Crippen LogP) is 3.22. The Morgan fingerprint density at radius 2 is 2.00 bits per heavy atom. The number of nitrogens with one attached hydrogen (secondary N) is 1. The van der Waals surface area contributed by atoms with Gasteiger partial charge in [0.25, 0.3) is 5.91 Å². The molecular formula is C25H26N4O4S. The molecule has 0 spiro atoms. The number of anilines is 1. The number of rotatable bonds is 7. The van der Waals surface area contributed by atoms with Crippen molar-refractivity contribution in [3.63, 3.8) is 0 Å². The minimum absolute atomic E-state index is 0.111. The molecule has 1 aliphatic carbocycles. The fourth-order valence-corrected chi connectivity index (χ4v) is 4.71. The molecule has 0 aliphatic heterocycles. The van der Waals surface area contributed by atoms with E-state index in [1.54, 1.807) is 41.1 Å². The van der Waals surface area contributed by atoms with Crippen LogP contribution in [0.5, 0.6) is 0 Å². The third kappa shape index (κ3) is 4.79. The van der Waals surface area contributed by atoms with Crippen molar-refractivity contribution in [1.82, 2.24) is 14.3 Å². The summed E-state index contributed by atoms with van der Waals surface area (Å²) < 4.78 is 27.8. The second kappa shape index (κ2) is 9.26. The first-order chi connectivity index (χ1) is 16.2. The number of ketones is 1. The highest BCUT2D eigenvalue weighted by Gasteiger charge is 2.29. The third-order valence-corrected chi connectivity index (χ3v) is 6.17. The highest BCUT2D eigenvalue weighted by molar-refractivity contribution is 7.89. The number of carbonyl (C=O) groups is 2. The zero-order chi connectivity index (χ0) is 24.5. The van der Waals surface area contributed by atoms with Crippen LogP contribution >= 0.6 is 0 Å². The maximum absolute atomic E-state index is 13.4. The maximum atomic E-state index is 13.4. The number of nitrogens with zero attached hydrogens (tertiary/aromatic N) is 2. The number of nitrogens with two attached hydrogens (primary N) is 1. The molecule has 8 nitrogen and oxygen atoms in total. The van der Waals surface area contributed by atoms with E-state index < -0.39 is 15.9 Å². The second-order valence-electron chi connectivity index (χ2n) is 8.34. The zero-order valence-electron chi connectivity index (χ0n) is 19.0. The molecule has 0 fully saturated rings. The SMILES string of the molecule is CCCc1ccc2c(c1)c(C1=CC=CCC1=O)c(C(=O)NS(C)(=O)=O)n2Cc1ccnc(N)c1. The zero-order valence-corrected chi connectivity index (χ0v) is 19.9. The van der Waals surface area contributed by atoms with Crippen LogP contribution in [0.15, 0.2) is 54.8 Å². The standard InChI is InChI=1S/C25H26N4O4S/c1-3-6-16-9-10-20-19(13-16)23(18-7-4-5-8-21(18)30)24(25(31)28-34(2,32)33)29(20)15-17-11-12-27-22(26)14-17/h4-5,7,9-14H,3,6,8,15H2,1-2H3,(H2,26,27)(H,28,31). The summed E-state index contributed by atoms with van der Waals surface area (Å²) in [5.41, 5.74) is 9.35. The second-order valence-corrected chi connectivity index (χ2v) is 10.1. The van der Waals surface area contributed by atoms with E-state index in [1.807, 2.05) is 18.2 Å². The Balaban J connectivity index is 2.05. The normalized spacial score (nSPS) is 13.8. The molecule has 2 aromatic heterocycles. The summed E-state index contributed by atoms with van der Waals surface area (Å²) in [6.07, 6.45) is 9.68. The van der Waals surface area contributed by atoms with E-state index in [-0.39, 0.29) is 24.4 Å². The van der Waals surface area contributed by atoms with E-state index in [9.17, 15) is 18.0 Å². The molecule has 1 aliphatic rings. The molecule has 0 unspecified atom stereocenters. The number of nitrogen functional groups attached to an aromatic ring is 1. The van der Waals surface area contributed by atoms with Gasteiger partial charge in [-0.15, -0.1) is 0 Å². The molecule has 1 amide bonds. The van der Waals surface area contributed by atoms with Gasteiger partial charge in [-0.2, -0.15) is 0 Å². The number of fused-ring (bicyclic) bond motifs is 1. The van der Waals surface area contributed by atoms with E-state index in [0.717, 1.165) is 35.6 Å². The summed E-state index contributed by atoms with van der Waals surface area (Å²) in [7, 11) is -3.84. The highest BCUT2D eigenvalue weighted by Crippen LogP contribution is 2.36. The number of pyridine rings is 1. The van der Waals surface area contributed by atoms with Crippen molar-refractivity contribution in [3.8, 4) is 0 Å². The van der Waals surface area contributed by atoms with Gasteiger partial charge in [-0.25, -0.2) is 18.1 Å². The number of aryl methyl sites for hydroxylation is 1. The molecule has 2 heterocycles. The number of Topliss-reactive ketones (excluding diaryl/α,β-unsaturated/α-hetero) is 1. The Hall–Kier alpha value is -3.72. The maximum Gasteiger partial charge on any atom is 0.282 e. The molecule has 0 saturated heterocycles. The van der Waals surface area contributed by atoms with Crippen molar-refractivity contribution in [2.75, 3.05) is 12.0 Å². The van der Waals surface area contributed by atoms with Crippen molar-refractivity contribution in [2.24, 2.45) is 0 Å². The van der Waals surface area contributed by atoms with Crippen molar-refractivity contribution in [2.45, 2.75) is 32.7 Å². The first-order valence-corrected chi connectivity index (χ1v) is 12.8. The van der Waals surface area contributed by atoms with Gasteiger partial charge in [0.15, 0.2) is 5.78 Å². The van der Waals surface area contributed by atoms with Crippen molar-refractivity contribution in [3.05, 3.63) is 77.1 Å². The first-order valence-electron chi connectivity index (χ1n) is 11.0. The molecule has 0 radical (unpaired) electrons. The van der Waals surface area contributed by atoms with E-state index in [4.69, 9.17) is 5.73 Å². The van der Waals surface area contributed by atoms with Gasteiger partial charge < -0.3 is 10.3 Å². The summed E-state index contributed by atoms with van der Waals surface area (Å²) in [5.74, 6) is -0.600. The average Bonchev–Trinajstić information content (AvgIpc) is 3.06. The molecule has 0 atom stereocenters. The number of allylic oxidation sites excluding steroid dienone is 4. The average molecular weight is 479 g/mol. The number of amides is 1. The largest absolute Gasteiger partial charge is 0.384 e. The Labute approximate surface area is 198 Å². The van der Waals surface area contributed by atoms with Crippen molar-refractivity contribution >= 4 is 44.0 Å². The van der Waals surface area contributed by atoms with Gasteiger partial charge in [0.05, 0.1) is 6.26 Å². The first kappa shape index (κ1) is 23.4. The Morgan fingerprint density at radius 3 is 2.68 bits per heavy atom. The molecular weight excluding hydrogens is 452 g/mol. The number of benzene rings is 1. The lowest BCUT2D eigenvalue weighted by molar-refractivity contribution is -0.113. The van der Waals surface area contributed by atoms with Gasteiger partial charge in [-0.05, 0) is 41.8 Å². The minimum Gasteiger partial charge on any atom is -0.384 e. The van der Waals surface area contributed by atoms with Crippen molar-refractivity contribution in [1.29, 1.82) is 0 Å².